The molecule has 0 aromatic heterocycles. The Morgan fingerprint density at radius 2 is 1.80 bits per heavy atom. The first kappa shape index (κ1) is 25.1. The number of rotatable bonds is 9. The third kappa shape index (κ3) is 5.64. The van der Waals surface area contributed by atoms with Crippen molar-refractivity contribution in [1.29, 1.82) is 0 Å². The molecule has 2 aromatic carbocycles. The lowest BCUT2D eigenvalue weighted by atomic mass is 10.0. The number of piperidine rings is 1. The number of carbonyl (C=O) groups is 1. The highest BCUT2D eigenvalue weighted by Gasteiger charge is 2.34. The van der Waals surface area contributed by atoms with Gasteiger partial charge in [0.2, 0.25) is 0 Å². The standard InChI is InChI=1S/C27H35FN2O5/c1-4-23-25(34-3)10-9-24(28)27(23)29-13-11-21(12-14-29)35-20-7-5-18(6-8-20)30-17-22(33-2)15-19(30)16-26(31)32/h5-10,19,21-22H,4,11-17H2,1-3H3,(H,31,32). The molecule has 8 heteroatoms. The van der Waals surface area contributed by atoms with Crippen molar-refractivity contribution < 1.29 is 28.5 Å². The van der Waals surface area contributed by atoms with Crippen molar-refractivity contribution in [2.75, 3.05) is 43.7 Å². The Balaban J connectivity index is 1.37. The zero-order valence-corrected chi connectivity index (χ0v) is 20.7. The fourth-order valence-electron chi connectivity index (χ4n) is 5.33. The predicted octanol–water partition coefficient (Wildman–Crippen LogP) is 4.51. The summed E-state index contributed by atoms with van der Waals surface area (Å²) in [5, 5.41) is 9.27. The molecule has 0 spiro atoms. The van der Waals surface area contributed by atoms with Crippen LogP contribution in [0.3, 0.4) is 0 Å². The number of hydrogen-bond acceptors (Lipinski definition) is 6. The smallest absolute Gasteiger partial charge is 0.305 e. The van der Waals surface area contributed by atoms with Crippen LogP contribution in [-0.2, 0) is 16.0 Å². The van der Waals surface area contributed by atoms with E-state index < -0.39 is 5.97 Å². The summed E-state index contributed by atoms with van der Waals surface area (Å²) in [7, 11) is 3.29. The van der Waals surface area contributed by atoms with Crippen LogP contribution in [-0.4, -0.2) is 63.2 Å². The first-order valence-electron chi connectivity index (χ1n) is 12.3. The summed E-state index contributed by atoms with van der Waals surface area (Å²) < 4.78 is 31.9. The third-order valence-electron chi connectivity index (χ3n) is 7.11. The number of benzene rings is 2. The number of halogens is 1. The lowest BCUT2D eigenvalue weighted by molar-refractivity contribution is -0.137. The second-order valence-corrected chi connectivity index (χ2v) is 9.23. The van der Waals surface area contributed by atoms with Crippen molar-refractivity contribution in [1.82, 2.24) is 0 Å². The molecule has 190 valence electrons. The Bertz CT molecular complexity index is 1010. The topological polar surface area (TPSA) is 71.5 Å². The maximum Gasteiger partial charge on any atom is 0.305 e. The highest BCUT2D eigenvalue weighted by atomic mass is 19.1. The van der Waals surface area contributed by atoms with Gasteiger partial charge in [-0.05, 0) is 49.2 Å². The molecule has 2 heterocycles. The molecule has 0 saturated carbocycles. The van der Waals surface area contributed by atoms with Crippen LogP contribution in [0.15, 0.2) is 36.4 Å². The Morgan fingerprint density at radius 3 is 2.40 bits per heavy atom. The Labute approximate surface area is 206 Å². The molecular formula is C27H35FN2O5. The molecule has 2 aliphatic heterocycles. The first-order chi connectivity index (χ1) is 16.9. The van der Waals surface area contributed by atoms with Crippen LogP contribution in [0.4, 0.5) is 15.8 Å². The van der Waals surface area contributed by atoms with Crippen molar-refractivity contribution in [3.63, 3.8) is 0 Å². The van der Waals surface area contributed by atoms with Crippen LogP contribution in [0.5, 0.6) is 11.5 Å². The molecule has 2 atom stereocenters. The van der Waals surface area contributed by atoms with E-state index in [4.69, 9.17) is 14.2 Å². The van der Waals surface area contributed by atoms with Crippen molar-refractivity contribution in [3.8, 4) is 11.5 Å². The molecule has 0 amide bonds. The van der Waals surface area contributed by atoms with Crippen LogP contribution in [0, 0.1) is 5.82 Å². The Morgan fingerprint density at radius 1 is 1.09 bits per heavy atom. The van der Waals surface area contributed by atoms with E-state index in [1.54, 1.807) is 20.3 Å². The number of carboxylic acids is 1. The largest absolute Gasteiger partial charge is 0.496 e. The number of methoxy groups -OCH3 is 2. The molecule has 35 heavy (non-hydrogen) atoms. The summed E-state index contributed by atoms with van der Waals surface area (Å²) in [4.78, 5) is 15.5. The first-order valence-corrected chi connectivity index (χ1v) is 12.3. The van der Waals surface area contributed by atoms with E-state index in [0.717, 1.165) is 35.6 Å². The van der Waals surface area contributed by atoms with E-state index in [-0.39, 0.29) is 30.5 Å². The zero-order valence-electron chi connectivity index (χ0n) is 20.7. The van der Waals surface area contributed by atoms with E-state index in [1.165, 1.54) is 6.07 Å². The average molecular weight is 487 g/mol. The zero-order chi connectivity index (χ0) is 24.9. The minimum absolute atomic E-state index is 0.0307. The fraction of sp³-hybridized carbons (Fsp3) is 0.519. The van der Waals surface area contributed by atoms with Gasteiger partial charge in [-0.1, -0.05) is 6.92 Å². The summed E-state index contributed by atoms with van der Waals surface area (Å²) in [5.74, 6) is 0.494. The molecule has 2 aromatic rings. The second kappa shape index (κ2) is 11.2. The summed E-state index contributed by atoms with van der Waals surface area (Å²) in [6.07, 6.45) is 3.17. The molecule has 1 N–H and O–H groups in total. The van der Waals surface area contributed by atoms with E-state index >= 15 is 0 Å². The lowest BCUT2D eigenvalue weighted by Crippen LogP contribution is -2.39. The molecule has 2 aliphatic rings. The molecule has 0 radical (unpaired) electrons. The normalized spacial score (nSPS) is 20.8. The van der Waals surface area contributed by atoms with Gasteiger partial charge in [-0.3, -0.25) is 4.79 Å². The van der Waals surface area contributed by atoms with Crippen molar-refractivity contribution in [2.45, 2.75) is 57.3 Å². The molecular weight excluding hydrogens is 451 g/mol. The summed E-state index contributed by atoms with van der Waals surface area (Å²) in [6.45, 7) is 4.11. The number of carboxylic acid groups (broad SMARTS) is 1. The quantitative estimate of drug-likeness (QED) is 0.559. The number of hydrogen-bond donors (Lipinski definition) is 1. The van der Waals surface area contributed by atoms with Gasteiger partial charge in [0.05, 0.1) is 25.3 Å². The van der Waals surface area contributed by atoms with Gasteiger partial charge >= 0.3 is 5.97 Å². The van der Waals surface area contributed by atoms with E-state index in [9.17, 15) is 14.3 Å². The molecule has 2 unspecified atom stereocenters. The van der Waals surface area contributed by atoms with Gasteiger partial charge in [-0.15, -0.1) is 0 Å². The maximum atomic E-state index is 14.7. The fourth-order valence-corrected chi connectivity index (χ4v) is 5.33. The SMILES string of the molecule is CCc1c(OC)ccc(F)c1N1CCC(Oc2ccc(N3CC(OC)CC3CC(=O)O)cc2)CC1. The molecule has 4 rings (SSSR count). The van der Waals surface area contributed by atoms with Gasteiger partial charge in [-0.25, -0.2) is 4.39 Å². The van der Waals surface area contributed by atoms with Gasteiger partial charge in [-0.2, -0.15) is 0 Å². The highest BCUT2D eigenvalue weighted by Crippen LogP contribution is 2.35. The van der Waals surface area contributed by atoms with Crippen LogP contribution in [0.2, 0.25) is 0 Å². The maximum absolute atomic E-state index is 14.7. The molecule has 0 aliphatic carbocycles. The molecule has 2 fully saturated rings. The Kier molecular flexibility index (Phi) is 8.00. The Hall–Kier alpha value is -3.00. The van der Waals surface area contributed by atoms with Crippen molar-refractivity contribution >= 4 is 17.3 Å². The van der Waals surface area contributed by atoms with Crippen LogP contribution >= 0.6 is 0 Å². The molecule has 0 bridgehead atoms. The lowest BCUT2D eigenvalue weighted by Gasteiger charge is -2.35. The number of nitrogens with zero attached hydrogens (tertiary/aromatic N) is 2. The summed E-state index contributed by atoms with van der Waals surface area (Å²) in [5.41, 5.74) is 2.52. The average Bonchev–Trinajstić information content (AvgIpc) is 3.27. The van der Waals surface area contributed by atoms with Gasteiger partial charge in [0.25, 0.3) is 0 Å². The highest BCUT2D eigenvalue weighted by molar-refractivity contribution is 5.69. The minimum Gasteiger partial charge on any atom is -0.496 e. The van der Waals surface area contributed by atoms with Gasteiger partial charge in [0.15, 0.2) is 0 Å². The van der Waals surface area contributed by atoms with E-state index in [0.29, 0.717) is 38.2 Å². The number of ether oxygens (including phenoxy) is 3. The molecule has 2 saturated heterocycles. The predicted molar refractivity (Wildman–Crippen MR) is 133 cm³/mol. The van der Waals surface area contributed by atoms with Crippen molar-refractivity contribution in [3.05, 3.63) is 47.8 Å². The van der Waals surface area contributed by atoms with Gasteiger partial charge in [0, 0.05) is 56.9 Å². The van der Waals surface area contributed by atoms with Crippen molar-refractivity contribution in [2.24, 2.45) is 0 Å². The van der Waals surface area contributed by atoms with Gasteiger partial charge < -0.3 is 29.1 Å². The van der Waals surface area contributed by atoms with Crippen LogP contribution in [0.25, 0.3) is 0 Å². The number of aliphatic carboxylic acids is 1. The van der Waals surface area contributed by atoms with E-state index in [2.05, 4.69) is 9.80 Å². The van der Waals surface area contributed by atoms with Crippen LogP contribution in [0.1, 0.15) is 38.2 Å². The number of anilines is 2. The monoisotopic (exact) mass is 486 g/mol. The van der Waals surface area contributed by atoms with Gasteiger partial charge in [0.1, 0.15) is 23.4 Å². The molecule has 7 nitrogen and oxygen atoms in total. The summed E-state index contributed by atoms with van der Waals surface area (Å²) >= 11 is 0. The summed E-state index contributed by atoms with van der Waals surface area (Å²) in [6, 6.07) is 10.9. The minimum atomic E-state index is -0.803. The van der Waals surface area contributed by atoms with E-state index in [1.807, 2.05) is 31.2 Å². The van der Waals surface area contributed by atoms with Crippen LogP contribution < -0.4 is 19.3 Å². The third-order valence-corrected chi connectivity index (χ3v) is 7.11. The second-order valence-electron chi connectivity index (χ2n) is 9.23.